The number of unbranched alkanes of at least 4 members (excludes halogenated alkanes) is 3. The third-order valence-corrected chi connectivity index (χ3v) is 2.10. The Labute approximate surface area is 152 Å². The number of hydrogen-bond donors (Lipinski definition) is 0. The maximum absolute atomic E-state index is 9.53. The van der Waals surface area contributed by atoms with Gasteiger partial charge in [0, 0.05) is 0 Å². The van der Waals surface area contributed by atoms with Crippen molar-refractivity contribution >= 4 is 0 Å². The van der Waals surface area contributed by atoms with Crippen LogP contribution in [0, 0.1) is 6.07 Å². The minimum atomic E-state index is 0. The maximum atomic E-state index is 9.53. The van der Waals surface area contributed by atoms with Crippen molar-refractivity contribution in [3.63, 3.8) is 0 Å². The molecule has 0 aliphatic heterocycles. The van der Waals surface area contributed by atoms with Crippen LogP contribution in [0.15, 0.2) is 30.3 Å². The predicted molar refractivity (Wildman–Crippen MR) is 84.6 cm³/mol. The molecule has 126 valence electrons. The van der Waals surface area contributed by atoms with E-state index in [-0.39, 0.29) is 41.5 Å². The molecular formula is C18H32O3Ti. The van der Waals surface area contributed by atoms with Crippen LogP contribution in [0.1, 0.15) is 59.3 Å². The largest absolute Gasteiger partial charge is 4.00 e. The minimum absolute atomic E-state index is 0. The topological polar surface area (TPSA) is 69.2 Å². The summed E-state index contributed by atoms with van der Waals surface area (Å²) in [5.74, 6) is 0. The van der Waals surface area contributed by atoms with Gasteiger partial charge >= 0.3 is 21.7 Å². The first-order valence-corrected chi connectivity index (χ1v) is 7.90. The molecule has 1 aromatic rings. The summed E-state index contributed by atoms with van der Waals surface area (Å²) in [5, 5.41) is 28.6. The zero-order chi connectivity index (χ0) is 16.6. The van der Waals surface area contributed by atoms with Crippen molar-refractivity contribution in [2.75, 3.05) is 19.8 Å². The van der Waals surface area contributed by atoms with E-state index in [9.17, 15) is 15.3 Å². The smallest absolute Gasteiger partial charge is 0.854 e. The molecule has 4 heteroatoms. The second-order valence-electron chi connectivity index (χ2n) is 4.25. The van der Waals surface area contributed by atoms with Gasteiger partial charge in [0.1, 0.15) is 0 Å². The van der Waals surface area contributed by atoms with Crippen LogP contribution < -0.4 is 15.3 Å². The Morgan fingerprint density at radius 1 is 0.636 bits per heavy atom. The van der Waals surface area contributed by atoms with Gasteiger partial charge < -0.3 is 15.3 Å². The fraction of sp³-hybridized carbons (Fsp3) is 0.667. The molecule has 0 spiro atoms. The first kappa shape index (κ1) is 29.8. The number of hydrogen-bond acceptors (Lipinski definition) is 3. The average molecular weight is 344 g/mol. The molecule has 0 amide bonds. The molecule has 0 atom stereocenters. The zero-order valence-electron chi connectivity index (χ0n) is 14.5. The summed E-state index contributed by atoms with van der Waals surface area (Å²) in [4.78, 5) is 0. The second kappa shape index (κ2) is 37.2. The third kappa shape index (κ3) is 50.3. The molecule has 0 saturated heterocycles. The van der Waals surface area contributed by atoms with Gasteiger partial charge in [0.05, 0.1) is 0 Å². The van der Waals surface area contributed by atoms with Crippen LogP contribution in [0.4, 0.5) is 0 Å². The van der Waals surface area contributed by atoms with E-state index in [2.05, 4.69) is 6.07 Å². The molecule has 0 unspecified atom stereocenters. The molecule has 3 nitrogen and oxygen atoms in total. The molecule has 0 N–H and O–H groups in total. The standard InChI is InChI=1S/C6H5.3C4H9O.Ti/c1-2-4-6-5-3-1;3*1-2-3-4-5;/h1-5H;3*2-4H2,1H3;/q4*-1;+4. The summed E-state index contributed by atoms with van der Waals surface area (Å²) in [6.07, 6.45) is 5.59. The molecule has 0 aromatic heterocycles. The van der Waals surface area contributed by atoms with E-state index in [0.29, 0.717) is 0 Å². The van der Waals surface area contributed by atoms with E-state index in [0.717, 1.165) is 38.5 Å². The Bertz CT molecular complexity index is 174. The minimum Gasteiger partial charge on any atom is -0.854 e. The van der Waals surface area contributed by atoms with Gasteiger partial charge in [-0.15, -0.1) is 19.8 Å². The molecule has 0 aliphatic rings. The maximum Gasteiger partial charge on any atom is 4.00 e. The van der Waals surface area contributed by atoms with Crippen molar-refractivity contribution in [2.24, 2.45) is 0 Å². The van der Waals surface area contributed by atoms with Crippen LogP contribution in [0.2, 0.25) is 0 Å². The van der Waals surface area contributed by atoms with E-state index in [1.165, 1.54) is 0 Å². The van der Waals surface area contributed by atoms with Gasteiger partial charge in [0.2, 0.25) is 0 Å². The van der Waals surface area contributed by atoms with Gasteiger partial charge in [-0.3, -0.25) is 0 Å². The molecule has 0 aliphatic carbocycles. The van der Waals surface area contributed by atoms with Gasteiger partial charge in [-0.25, -0.2) is 0 Å². The van der Waals surface area contributed by atoms with Crippen molar-refractivity contribution in [1.82, 2.24) is 0 Å². The molecular weight excluding hydrogens is 312 g/mol. The van der Waals surface area contributed by atoms with E-state index < -0.39 is 0 Å². The summed E-state index contributed by atoms with van der Waals surface area (Å²) < 4.78 is 0. The van der Waals surface area contributed by atoms with Crippen molar-refractivity contribution < 1.29 is 37.0 Å². The fourth-order valence-corrected chi connectivity index (χ4v) is 0.775. The van der Waals surface area contributed by atoms with Crippen LogP contribution >= 0.6 is 0 Å². The summed E-state index contributed by atoms with van der Waals surface area (Å²) >= 11 is 0. The fourth-order valence-electron chi connectivity index (χ4n) is 0.775. The van der Waals surface area contributed by atoms with Gasteiger partial charge in [-0.1, -0.05) is 59.3 Å². The van der Waals surface area contributed by atoms with E-state index in [1.807, 2.05) is 51.1 Å². The van der Waals surface area contributed by atoms with Gasteiger partial charge in [-0.05, 0) is 0 Å². The van der Waals surface area contributed by atoms with E-state index >= 15 is 0 Å². The van der Waals surface area contributed by atoms with Crippen molar-refractivity contribution in [2.45, 2.75) is 59.3 Å². The Morgan fingerprint density at radius 2 is 0.955 bits per heavy atom. The molecule has 0 radical (unpaired) electrons. The van der Waals surface area contributed by atoms with Crippen LogP contribution in [-0.2, 0) is 21.7 Å². The monoisotopic (exact) mass is 344 g/mol. The normalized spacial score (nSPS) is 7.91. The number of benzene rings is 1. The summed E-state index contributed by atoms with van der Waals surface area (Å²) in [7, 11) is 0. The first-order valence-electron chi connectivity index (χ1n) is 7.90. The van der Waals surface area contributed by atoms with Gasteiger partial charge in [0.25, 0.3) is 0 Å². The van der Waals surface area contributed by atoms with Crippen LogP contribution in [0.5, 0.6) is 0 Å². The van der Waals surface area contributed by atoms with E-state index in [4.69, 9.17) is 0 Å². The van der Waals surface area contributed by atoms with Gasteiger partial charge in [-0.2, -0.15) is 36.4 Å². The summed E-state index contributed by atoms with van der Waals surface area (Å²) in [6.45, 7) is 6.32. The third-order valence-electron chi connectivity index (χ3n) is 2.10. The van der Waals surface area contributed by atoms with Crippen LogP contribution in [-0.4, -0.2) is 19.8 Å². The molecule has 0 fully saturated rings. The Balaban J connectivity index is -0.0000000973. The van der Waals surface area contributed by atoms with Crippen molar-refractivity contribution in [3.8, 4) is 0 Å². The van der Waals surface area contributed by atoms with E-state index in [1.54, 1.807) is 0 Å². The summed E-state index contributed by atoms with van der Waals surface area (Å²) in [5.41, 5.74) is 0. The van der Waals surface area contributed by atoms with Crippen LogP contribution in [0.3, 0.4) is 0 Å². The van der Waals surface area contributed by atoms with Gasteiger partial charge in [0.15, 0.2) is 0 Å². The summed E-state index contributed by atoms with van der Waals surface area (Å²) in [6, 6.07) is 12.5. The molecule has 22 heavy (non-hydrogen) atoms. The van der Waals surface area contributed by atoms with Crippen molar-refractivity contribution in [3.05, 3.63) is 36.4 Å². The first-order chi connectivity index (χ1) is 10.2. The van der Waals surface area contributed by atoms with Crippen LogP contribution in [0.25, 0.3) is 0 Å². The molecule has 1 aromatic carbocycles. The van der Waals surface area contributed by atoms with Crippen molar-refractivity contribution in [1.29, 1.82) is 0 Å². The molecule has 0 saturated carbocycles. The molecule has 0 heterocycles. The number of rotatable bonds is 6. The SMILES string of the molecule is CCCC[O-].CCCC[O-].CCCC[O-].[Ti+4].[c-]1ccccc1. The second-order valence-corrected chi connectivity index (χ2v) is 4.25. The Hall–Kier alpha value is -0.186. The Kier molecular flexibility index (Phi) is 50.4. The average Bonchev–Trinajstić information content (AvgIpc) is 2.53. The zero-order valence-corrected chi connectivity index (χ0v) is 16.0. The quantitative estimate of drug-likeness (QED) is 0.585. The molecule has 1 rings (SSSR count). The Morgan fingerprint density at radius 3 is 1.00 bits per heavy atom. The molecule has 0 bridgehead atoms. The predicted octanol–water partition coefficient (Wildman–Crippen LogP) is 1.92.